The normalized spacial score (nSPS) is 19.6. The number of hydrogen-bond acceptors (Lipinski definition) is 3. The number of amides is 2. The number of aryl methyl sites for hydroxylation is 1. The van der Waals surface area contributed by atoms with E-state index in [1.165, 1.54) is 12.1 Å². The molecule has 1 heterocycles. The predicted octanol–water partition coefficient (Wildman–Crippen LogP) is 6.11. The molecule has 2 N–H and O–H groups in total. The van der Waals surface area contributed by atoms with Crippen molar-refractivity contribution in [2.75, 3.05) is 7.05 Å². The summed E-state index contributed by atoms with van der Waals surface area (Å²) < 4.78 is 19.8. The van der Waals surface area contributed by atoms with Gasteiger partial charge >= 0.3 is 0 Å². The highest BCUT2D eigenvalue weighted by atomic mass is 19.1. The molecule has 5 nitrogen and oxygen atoms in total. The smallest absolute Gasteiger partial charge is 0.255 e. The molecule has 3 aromatic carbocycles. The van der Waals surface area contributed by atoms with E-state index in [0.29, 0.717) is 39.3 Å². The summed E-state index contributed by atoms with van der Waals surface area (Å²) in [5, 5.41) is 6.58. The first-order chi connectivity index (χ1) is 17.4. The Morgan fingerprint density at radius 2 is 1.78 bits per heavy atom. The monoisotopic (exact) mass is 482 g/mol. The highest BCUT2D eigenvalue weighted by molar-refractivity contribution is 6.12. The summed E-state index contributed by atoms with van der Waals surface area (Å²) in [6.07, 6.45) is 3.93. The first-order valence-corrected chi connectivity index (χ1v) is 12.4. The third-order valence-electron chi connectivity index (χ3n) is 7.47. The molecule has 0 atom stereocenters. The van der Waals surface area contributed by atoms with Crippen molar-refractivity contribution in [2.45, 2.75) is 38.1 Å². The van der Waals surface area contributed by atoms with Crippen LogP contribution in [0.15, 0.2) is 65.1 Å². The van der Waals surface area contributed by atoms with E-state index in [-0.39, 0.29) is 23.2 Å². The van der Waals surface area contributed by atoms with Gasteiger partial charge in [-0.25, -0.2) is 4.39 Å². The van der Waals surface area contributed by atoms with E-state index in [4.69, 9.17) is 4.42 Å². The first-order valence-electron chi connectivity index (χ1n) is 12.4. The van der Waals surface area contributed by atoms with E-state index in [1.807, 2.05) is 36.4 Å². The Morgan fingerprint density at radius 1 is 1.03 bits per heavy atom. The molecule has 6 rings (SSSR count). The lowest BCUT2D eigenvalue weighted by Crippen LogP contribution is -2.30. The zero-order chi connectivity index (χ0) is 25.0. The maximum atomic E-state index is 13.6. The SMILES string of the molecule is CCCc1cc2oc(-c3ccc(F)cc3)c(C(=O)NC)c2cc1-c1cccc(C(=O)NC23CC2C3)c1. The minimum absolute atomic E-state index is 0.0390. The quantitative estimate of drug-likeness (QED) is 0.334. The number of rotatable bonds is 7. The van der Waals surface area contributed by atoms with Crippen molar-refractivity contribution in [1.29, 1.82) is 0 Å². The largest absolute Gasteiger partial charge is 0.455 e. The summed E-state index contributed by atoms with van der Waals surface area (Å²) >= 11 is 0. The van der Waals surface area contributed by atoms with Gasteiger partial charge in [0.15, 0.2) is 0 Å². The molecule has 2 amide bonds. The number of carbonyl (C=O) groups excluding carboxylic acids is 2. The third-order valence-corrected chi connectivity index (χ3v) is 7.47. The summed E-state index contributed by atoms with van der Waals surface area (Å²) in [5.41, 5.74) is 5.29. The summed E-state index contributed by atoms with van der Waals surface area (Å²) in [4.78, 5) is 25.9. The molecule has 2 saturated carbocycles. The van der Waals surface area contributed by atoms with Gasteiger partial charge in [0.25, 0.3) is 11.8 Å². The predicted molar refractivity (Wildman–Crippen MR) is 137 cm³/mol. The van der Waals surface area contributed by atoms with Gasteiger partial charge < -0.3 is 15.1 Å². The van der Waals surface area contributed by atoms with Crippen molar-refractivity contribution in [3.8, 4) is 22.5 Å². The highest BCUT2D eigenvalue weighted by Crippen LogP contribution is 2.66. The van der Waals surface area contributed by atoms with Gasteiger partial charge in [0.1, 0.15) is 17.2 Å². The van der Waals surface area contributed by atoms with Gasteiger partial charge in [0.05, 0.1) is 5.56 Å². The van der Waals surface area contributed by atoms with Crippen LogP contribution >= 0.6 is 0 Å². The van der Waals surface area contributed by atoms with Gasteiger partial charge in [-0.3, -0.25) is 9.59 Å². The van der Waals surface area contributed by atoms with Crippen LogP contribution < -0.4 is 10.6 Å². The van der Waals surface area contributed by atoms with Gasteiger partial charge in [0.2, 0.25) is 0 Å². The molecule has 182 valence electrons. The lowest BCUT2D eigenvalue weighted by Gasteiger charge is -2.12. The van der Waals surface area contributed by atoms with Crippen LogP contribution in [0.5, 0.6) is 0 Å². The van der Waals surface area contributed by atoms with Gasteiger partial charge in [-0.2, -0.15) is 0 Å². The molecular formula is C30H27FN2O3. The molecule has 36 heavy (non-hydrogen) atoms. The summed E-state index contributed by atoms with van der Waals surface area (Å²) in [6, 6.07) is 17.6. The second kappa shape index (κ2) is 8.33. The molecule has 4 aromatic rings. The fraction of sp³-hybridized carbons (Fsp3) is 0.267. The second-order valence-corrected chi connectivity index (χ2v) is 9.94. The van der Waals surface area contributed by atoms with Crippen molar-refractivity contribution < 1.29 is 18.4 Å². The van der Waals surface area contributed by atoms with E-state index in [2.05, 4.69) is 17.6 Å². The average Bonchev–Trinajstić information content (AvgIpc) is 3.70. The van der Waals surface area contributed by atoms with Crippen LogP contribution in [0, 0.1) is 11.7 Å². The van der Waals surface area contributed by atoms with E-state index < -0.39 is 0 Å². The minimum Gasteiger partial charge on any atom is -0.455 e. The Kier molecular flexibility index (Phi) is 5.21. The number of carbonyl (C=O) groups is 2. The summed E-state index contributed by atoms with van der Waals surface area (Å²) in [5.74, 6) is 0.398. The lowest BCUT2D eigenvalue weighted by atomic mass is 9.93. The number of furan rings is 1. The molecular weight excluding hydrogens is 455 g/mol. The summed E-state index contributed by atoms with van der Waals surface area (Å²) in [7, 11) is 1.58. The number of fused-ring (bicyclic) bond motifs is 2. The molecule has 2 fully saturated rings. The van der Waals surface area contributed by atoms with E-state index in [0.717, 1.165) is 42.4 Å². The van der Waals surface area contributed by atoms with Crippen molar-refractivity contribution in [2.24, 2.45) is 5.92 Å². The Labute approximate surface area is 208 Å². The standard InChI is InChI=1S/C30H27FN2O3/c1-3-5-18-13-25-24(26(29(35)32-2)27(36-25)17-8-10-22(31)11-9-17)14-23(18)19-6-4-7-20(12-19)28(34)33-30-15-21(30)16-30/h4,6-14,21H,3,5,15-16H2,1-2H3,(H,32,35)(H,33,34). The zero-order valence-corrected chi connectivity index (χ0v) is 20.3. The first kappa shape index (κ1) is 22.5. The molecule has 6 heteroatoms. The average molecular weight is 483 g/mol. The Hall–Kier alpha value is -3.93. The van der Waals surface area contributed by atoms with E-state index in [1.54, 1.807) is 19.2 Å². The number of hydrogen-bond donors (Lipinski definition) is 2. The fourth-order valence-electron chi connectivity index (χ4n) is 5.12. The van der Waals surface area contributed by atoms with Crippen LogP contribution in [0.25, 0.3) is 33.4 Å². The second-order valence-electron chi connectivity index (χ2n) is 9.94. The molecule has 0 radical (unpaired) electrons. The van der Waals surface area contributed by atoms with Crippen molar-refractivity contribution in [1.82, 2.24) is 10.6 Å². The van der Waals surface area contributed by atoms with Crippen molar-refractivity contribution in [3.63, 3.8) is 0 Å². The highest BCUT2D eigenvalue weighted by Gasteiger charge is 2.70. The number of halogens is 1. The Morgan fingerprint density at radius 3 is 2.44 bits per heavy atom. The molecule has 0 aliphatic heterocycles. The van der Waals surface area contributed by atoms with Crippen molar-refractivity contribution in [3.05, 3.63) is 83.2 Å². The zero-order valence-electron chi connectivity index (χ0n) is 20.3. The number of nitrogens with one attached hydrogen (secondary N) is 2. The maximum absolute atomic E-state index is 13.6. The van der Waals surface area contributed by atoms with Crippen molar-refractivity contribution >= 4 is 22.8 Å². The molecule has 0 saturated heterocycles. The molecule has 0 spiro atoms. The molecule has 0 bridgehead atoms. The Balaban J connectivity index is 1.49. The molecule has 1 aromatic heterocycles. The van der Waals surface area contributed by atoms with E-state index >= 15 is 0 Å². The van der Waals surface area contributed by atoms with Crippen LogP contribution in [0.1, 0.15) is 52.5 Å². The summed E-state index contributed by atoms with van der Waals surface area (Å²) in [6.45, 7) is 2.11. The van der Waals surface area contributed by atoms with Crippen LogP contribution in [0.4, 0.5) is 4.39 Å². The topological polar surface area (TPSA) is 71.3 Å². The maximum Gasteiger partial charge on any atom is 0.255 e. The van der Waals surface area contributed by atoms with Gasteiger partial charge in [0, 0.05) is 29.1 Å². The minimum atomic E-state index is -0.355. The van der Waals surface area contributed by atoms with Crippen LogP contribution in [0.3, 0.4) is 0 Å². The van der Waals surface area contributed by atoms with Gasteiger partial charge in [-0.15, -0.1) is 0 Å². The lowest BCUT2D eigenvalue weighted by molar-refractivity contribution is 0.0939. The Bertz CT molecular complexity index is 1510. The number of benzene rings is 3. The molecule has 2 aliphatic rings. The van der Waals surface area contributed by atoms with Gasteiger partial charge in [-0.1, -0.05) is 25.5 Å². The fourth-order valence-corrected chi connectivity index (χ4v) is 5.12. The van der Waals surface area contributed by atoms with Crippen LogP contribution in [0.2, 0.25) is 0 Å². The van der Waals surface area contributed by atoms with E-state index in [9.17, 15) is 14.0 Å². The molecule has 2 aliphatic carbocycles. The third kappa shape index (κ3) is 3.77. The van der Waals surface area contributed by atoms with Gasteiger partial charge in [-0.05, 0) is 90.4 Å². The van der Waals surface area contributed by atoms with Crippen LogP contribution in [-0.2, 0) is 6.42 Å². The molecule has 0 unspecified atom stereocenters. The van der Waals surface area contributed by atoms with Crippen LogP contribution in [-0.4, -0.2) is 24.4 Å².